The maximum atomic E-state index is 13.1. The lowest BCUT2D eigenvalue weighted by atomic mass is 9.87. The number of ether oxygens (including phenoxy) is 1. The van der Waals surface area contributed by atoms with Crippen molar-refractivity contribution < 1.29 is 17.9 Å². The second-order valence-corrected chi connectivity index (χ2v) is 8.32. The number of piperazine rings is 1. The third kappa shape index (κ3) is 6.43. The van der Waals surface area contributed by atoms with E-state index in [2.05, 4.69) is 51.0 Å². The summed E-state index contributed by atoms with van der Waals surface area (Å²) in [4.78, 5) is 9.44. The van der Waals surface area contributed by atoms with Crippen LogP contribution in [0.25, 0.3) is 0 Å². The molecule has 2 fully saturated rings. The van der Waals surface area contributed by atoms with Gasteiger partial charge in [-0.25, -0.2) is 0 Å². The molecular formula is C24H33F3N4O. The molecule has 8 heteroatoms. The van der Waals surface area contributed by atoms with Crippen LogP contribution >= 0.6 is 0 Å². The first kappa shape index (κ1) is 24.5. The predicted octanol–water partition coefficient (Wildman–Crippen LogP) is 3.99. The van der Waals surface area contributed by atoms with E-state index in [0.29, 0.717) is 19.8 Å². The molecule has 32 heavy (non-hydrogen) atoms. The molecule has 0 bridgehead atoms. The molecule has 0 radical (unpaired) electrons. The number of hydrogen-bond acceptors (Lipinski definition) is 4. The highest BCUT2D eigenvalue weighted by molar-refractivity contribution is 5.93. The minimum Gasteiger partial charge on any atom is -0.381 e. The van der Waals surface area contributed by atoms with Gasteiger partial charge in [-0.2, -0.15) is 13.2 Å². The summed E-state index contributed by atoms with van der Waals surface area (Å²) in [6, 6.07) is 10.4. The van der Waals surface area contributed by atoms with Crippen molar-refractivity contribution in [2.75, 3.05) is 45.9 Å². The first-order valence-electron chi connectivity index (χ1n) is 11.1. The first-order chi connectivity index (χ1) is 15.4. The van der Waals surface area contributed by atoms with E-state index in [1.165, 1.54) is 18.6 Å². The van der Waals surface area contributed by atoms with E-state index in [1.54, 1.807) is 0 Å². The highest BCUT2D eigenvalue weighted by Gasteiger charge is 2.40. The zero-order valence-corrected chi connectivity index (χ0v) is 18.7. The molecule has 1 aromatic carbocycles. The zero-order chi connectivity index (χ0) is 23.0. The lowest BCUT2D eigenvalue weighted by Crippen LogP contribution is -2.60. The van der Waals surface area contributed by atoms with Crippen molar-refractivity contribution in [3.63, 3.8) is 0 Å². The molecule has 0 amide bonds. The predicted molar refractivity (Wildman–Crippen MR) is 122 cm³/mol. The molecule has 0 atom stereocenters. The van der Waals surface area contributed by atoms with E-state index in [-0.39, 0.29) is 11.4 Å². The van der Waals surface area contributed by atoms with Crippen LogP contribution in [0.3, 0.4) is 0 Å². The average molecular weight is 451 g/mol. The van der Waals surface area contributed by atoms with E-state index in [0.717, 1.165) is 51.6 Å². The van der Waals surface area contributed by atoms with E-state index in [4.69, 9.17) is 4.74 Å². The first-order valence-corrected chi connectivity index (χ1v) is 11.1. The fourth-order valence-corrected chi connectivity index (χ4v) is 4.38. The van der Waals surface area contributed by atoms with Crippen LogP contribution in [0.1, 0.15) is 25.3 Å². The Labute approximate surface area is 188 Å². The van der Waals surface area contributed by atoms with Crippen molar-refractivity contribution in [3.05, 3.63) is 60.3 Å². The zero-order valence-electron chi connectivity index (χ0n) is 18.7. The smallest absolute Gasteiger partial charge is 0.381 e. The Morgan fingerprint density at radius 3 is 2.38 bits per heavy atom. The number of halogens is 3. The van der Waals surface area contributed by atoms with Crippen molar-refractivity contribution in [3.8, 4) is 0 Å². The summed E-state index contributed by atoms with van der Waals surface area (Å²) < 4.78 is 45.0. The summed E-state index contributed by atoms with van der Waals surface area (Å²) in [5, 5.41) is 2.40. The van der Waals surface area contributed by atoms with Crippen LogP contribution in [-0.4, -0.2) is 73.3 Å². The quantitative estimate of drug-likeness (QED) is 0.504. The standard InChI is InChI=1S/C24H33F3N4O/c1-3-21(24(25,26)27)29-22(4-2)28-19-23(10-16-32-17-11-23)31-14-12-30(13-15-31)18-20-8-6-5-7-9-20/h3-9H,2,10-19H2,1H3,(H,28,29)/b21-3-. The Hall–Kier alpha value is -2.16. The molecular weight excluding hydrogens is 417 g/mol. The van der Waals surface area contributed by atoms with E-state index in [9.17, 15) is 13.2 Å². The monoisotopic (exact) mass is 450 g/mol. The Morgan fingerprint density at radius 1 is 1.16 bits per heavy atom. The number of alkyl halides is 3. The summed E-state index contributed by atoms with van der Waals surface area (Å²) >= 11 is 0. The molecule has 0 saturated carbocycles. The maximum Gasteiger partial charge on any atom is 0.430 e. The van der Waals surface area contributed by atoms with Gasteiger partial charge in [-0.15, -0.1) is 0 Å². The molecule has 0 unspecified atom stereocenters. The number of nitrogens with zero attached hydrogens (tertiary/aromatic N) is 3. The minimum absolute atomic E-state index is 0.143. The van der Waals surface area contributed by atoms with Crippen molar-refractivity contribution >= 4 is 5.84 Å². The fraction of sp³-hybridized carbons (Fsp3) is 0.542. The van der Waals surface area contributed by atoms with Crippen LogP contribution < -0.4 is 5.32 Å². The molecule has 2 heterocycles. The summed E-state index contributed by atoms with van der Waals surface area (Å²) in [5.41, 5.74) is 0.269. The largest absolute Gasteiger partial charge is 0.430 e. The van der Waals surface area contributed by atoms with E-state index >= 15 is 0 Å². The molecule has 1 N–H and O–H groups in total. The number of aliphatic imine (C=N–C) groups is 1. The second-order valence-electron chi connectivity index (χ2n) is 8.32. The van der Waals surface area contributed by atoms with Gasteiger partial charge in [-0.3, -0.25) is 14.8 Å². The lowest BCUT2D eigenvalue weighted by Gasteiger charge is -2.49. The van der Waals surface area contributed by atoms with Gasteiger partial charge in [0.1, 0.15) is 11.5 Å². The van der Waals surface area contributed by atoms with Gasteiger partial charge < -0.3 is 10.1 Å². The fourth-order valence-electron chi connectivity index (χ4n) is 4.38. The van der Waals surface area contributed by atoms with E-state index < -0.39 is 11.9 Å². The third-order valence-corrected chi connectivity index (χ3v) is 6.31. The van der Waals surface area contributed by atoms with Gasteiger partial charge in [0.15, 0.2) is 0 Å². The van der Waals surface area contributed by atoms with E-state index in [1.807, 2.05) is 6.07 Å². The van der Waals surface area contributed by atoms with Crippen LogP contribution in [0.5, 0.6) is 0 Å². The average Bonchev–Trinajstić information content (AvgIpc) is 2.80. The molecule has 2 saturated heterocycles. The Bertz CT molecular complexity index is 793. The molecule has 0 aromatic heterocycles. The normalized spacial score (nSPS) is 21.4. The number of amidine groups is 1. The number of allylic oxidation sites excluding steroid dienone is 2. The summed E-state index contributed by atoms with van der Waals surface area (Å²) in [5.74, 6) is 0.143. The van der Waals surface area contributed by atoms with Gasteiger partial charge in [-0.05, 0) is 31.4 Å². The van der Waals surface area contributed by atoms with Gasteiger partial charge in [-0.1, -0.05) is 43.0 Å². The Morgan fingerprint density at radius 2 is 1.81 bits per heavy atom. The minimum atomic E-state index is -4.45. The number of benzene rings is 1. The maximum absolute atomic E-state index is 13.1. The van der Waals surface area contributed by atoms with Crippen LogP contribution in [0.2, 0.25) is 0 Å². The number of rotatable bonds is 7. The SMILES string of the molecule is C=CC(=NCC1(N2CCN(Cc3ccccc3)CC2)CCOCC1)N/C(=C\C)C(F)(F)F. The molecule has 5 nitrogen and oxygen atoms in total. The van der Waals surface area contributed by atoms with Gasteiger partial charge in [0.2, 0.25) is 0 Å². The van der Waals surface area contributed by atoms with Crippen LogP contribution in [0, 0.1) is 0 Å². The van der Waals surface area contributed by atoms with Gasteiger partial charge in [0.25, 0.3) is 0 Å². The van der Waals surface area contributed by atoms with Gasteiger partial charge in [0, 0.05) is 51.5 Å². The van der Waals surface area contributed by atoms with Crippen molar-refractivity contribution in [1.29, 1.82) is 0 Å². The highest BCUT2D eigenvalue weighted by Crippen LogP contribution is 2.30. The van der Waals surface area contributed by atoms with Crippen molar-refractivity contribution in [2.24, 2.45) is 4.99 Å². The number of nitrogens with one attached hydrogen (secondary N) is 1. The molecule has 0 spiro atoms. The second kappa shape index (κ2) is 11.1. The summed E-state index contributed by atoms with van der Waals surface area (Å²) in [7, 11) is 0. The topological polar surface area (TPSA) is 40.1 Å². The van der Waals surface area contributed by atoms with Crippen molar-refractivity contribution in [2.45, 2.75) is 38.0 Å². The molecule has 0 aliphatic carbocycles. The molecule has 3 rings (SSSR count). The summed E-state index contributed by atoms with van der Waals surface area (Å²) in [6.45, 7) is 11.3. The van der Waals surface area contributed by atoms with Gasteiger partial charge in [0.05, 0.1) is 6.54 Å². The Balaban J connectivity index is 1.66. The molecule has 2 aliphatic heterocycles. The third-order valence-electron chi connectivity index (χ3n) is 6.31. The van der Waals surface area contributed by atoms with Crippen LogP contribution in [0.15, 0.2) is 59.8 Å². The molecule has 1 aromatic rings. The Kier molecular flexibility index (Phi) is 8.51. The van der Waals surface area contributed by atoms with Crippen LogP contribution in [0.4, 0.5) is 13.2 Å². The summed E-state index contributed by atoms with van der Waals surface area (Å²) in [6.07, 6.45) is -0.468. The molecule has 2 aliphatic rings. The van der Waals surface area contributed by atoms with Gasteiger partial charge >= 0.3 is 6.18 Å². The van der Waals surface area contributed by atoms with Crippen molar-refractivity contribution in [1.82, 2.24) is 15.1 Å². The highest BCUT2D eigenvalue weighted by atomic mass is 19.4. The van der Waals surface area contributed by atoms with Crippen LogP contribution in [-0.2, 0) is 11.3 Å². The number of hydrogen-bond donors (Lipinski definition) is 1. The lowest BCUT2D eigenvalue weighted by molar-refractivity contribution is -0.0949. The molecule has 176 valence electrons.